The zero-order valence-electron chi connectivity index (χ0n) is 14.0. The number of halogens is 1. The first kappa shape index (κ1) is 17.0. The highest BCUT2D eigenvalue weighted by molar-refractivity contribution is 6.60. The zero-order chi connectivity index (χ0) is 18.1. The molecule has 0 N–H and O–H groups in total. The van der Waals surface area contributed by atoms with E-state index in [1.807, 2.05) is 13.0 Å². The van der Waals surface area contributed by atoms with E-state index in [-0.39, 0.29) is 10.6 Å². The van der Waals surface area contributed by atoms with Crippen molar-refractivity contribution in [2.24, 2.45) is 0 Å². The Bertz CT molecular complexity index is 904. The minimum absolute atomic E-state index is 0.118. The van der Waals surface area contributed by atoms with Crippen molar-refractivity contribution in [1.82, 2.24) is 0 Å². The van der Waals surface area contributed by atoms with Gasteiger partial charge in [-0.1, -0.05) is 35.9 Å². The fourth-order valence-corrected chi connectivity index (χ4v) is 3.05. The van der Waals surface area contributed by atoms with E-state index in [1.165, 1.54) is 14.2 Å². The lowest BCUT2D eigenvalue weighted by Gasteiger charge is -2.19. The SMILES string of the molecule is COc1ccccc1C1=C(Cl)C(=O)N(c2cc(C)ccc2OC)C1=O. The molecule has 0 bridgehead atoms. The molecule has 1 heterocycles. The third-order valence-corrected chi connectivity index (χ3v) is 4.33. The molecule has 0 aliphatic carbocycles. The highest BCUT2D eigenvalue weighted by atomic mass is 35.5. The summed E-state index contributed by atoms with van der Waals surface area (Å²) in [5, 5.41) is -0.141. The topological polar surface area (TPSA) is 55.8 Å². The highest BCUT2D eigenvalue weighted by Crippen LogP contribution is 2.41. The summed E-state index contributed by atoms with van der Waals surface area (Å²) in [6, 6.07) is 12.2. The van der Waals surface area contributed by atoms with Crippen LogP contribution in [-0.4, -0.2) is 26.0 Å². The number of hydrogen-bond donors (Lipinski definition) is 0. The van der Waals surface area contributed by atoms with Gasteiger partial charge < -0.3 is 9.47 Å². The quantitative estimate of drug-likeness (QED) is 0.785. The number of nitrogens with zero attached hydrogens (tertiary/aromatic N) is 1. The number of rotatable bonds is 4. The third kappa shape index (κ3) is 2.76. The van der Waals surface area contributed by atoms with Gasteiger partial charge in [-0.2, -0.15) is 0 Å². The number of benzene rings is 2. The third-order valence-electron chi connectivity index (χ3n) is 3.98. The van der Waals surface area contributed by atoms with Gasteiger partial charge in [-0.3, -0.25) is 9.59 Å². The molecule has 3 rings (SSSR count). The van der Waals surface area contributed by atoms with Gasteiger partial charge in [0.15, 0.2) is 0 Å². The first-order chi connectivity index (χ1) is 12.0. The number of methoxy groups -OCH3 is 2. The monoisotopic (exact) mass is 357 g/mol. The number of para-hydroxylation sites is 1. The average molecular weight is 358 g/mol. The lowest BCUT2D eigenvalue weighted by atomic mass is 10.0. The highest BCUT2D eigenvalue weighted by Gasteiger charge is 2.41. The Labute approximate surface area is 150 Å². The summed E-state index contributed by atoms with van der Waals surface area (Å²) < 4.78 is 10.6. The Balaban J connectivity index is 2.14. The summed E-state index contributed by atoms with van der Waals surface area (Å²) in [6.45, 7) is 1.87. The summed E-state index contributed by atoms with van der Waals surface area (Å²) in [4.78, 5) is 26.8. The van der Waals surface area contributed by atoms with E-state index in [0.717, 1.165) is 10.5 Å². The van der Waals surface area contributed by atoms with Crippen LogP contribution in [0.2, 0.25) is 0 Å². The molecule has 0 unspecified atom stereocenters. The van der Waals surface area contributed by atoms with E-state index in [4.69, 9.17) is 21.1 Å². The number of carbonyl (C=O) groups excluding carboxylic acids is 2. The molecule has 25 heavy (non-hydrogen) atoms. The number of amides is 2. The van der Waals surface area contributed by atoms with Crippen LogP contribution in [0.3, 0.4) is 0 Å². The van der Waals surface area contributed by atoms with E-state index in [2.05, 4.69) is 0 Å². The van der Waals surface area contributed by atoms with Crippen molar-refractivity contribution in [1.29, 1.82) is 0 Å². The lowest BCUT2D eigenvalue weighted by molar-refractivity contribution is -0.119. The Kier molecular flexibility index (Phi) is 4.51. The molecule has 0 atom stereocenters. The molecule has 0 saturated heterocycles. The van der Waals surface area contributed by atoms with Crippen LogP contribution in [0, 0.1) is 6.92 Å². The van der Waals surface area contributed by atoms with Gasteiger partial charge in [0.2, 0.25) is 0 Å². The normalized spacial score (nSPS) is 14.3. The summed E-state index contributed by atoms with van der Waals surface area (Å²) >= 11 is 6.24. The molecule has 2 amide bonds. The van der Waals surface area contributed by atoms with Crippen LogP contribution in [-0.2, 0) is 9.59 Å². The minimum atomic E-state index is -0.587. The van der Waals surface area contributed by atoms with Gasteiger partial charge in [0.1, 0.15) is 16.5 Å². The zero-order valence-corrected chi connectivity index (χ0v) is 14.8. The molecule has 2 aromatic rings. The number of aryl methyl sites for hydroxylation is 1. The van der Waals surface area contributed by atoms with Crippen molar-refractivity contribution in [3.05, 3.63) is 58.6 Å². The Morgan fingerprint density at radius 3 is 2.28 bits per heavy atom. The van der Waals surface area contributed by atoms with Gasteiger partial charge in [0.25, 0.3) is 11.8 Å². The molecule has 128 valence electrons. The van der Waals surface area contributed by atoms with Crippen LogP contribution in [0.1, 0.15) is 11.1 Å². The standard InChI is InChI=1S/C19H16ClNO4/c1-11-8-9-15(25-3)13(10-11)21-18(22)16(17(20)19(21)23)12-6-4-5-7-14(12)24-2/h4-10H,1-3H3. The van der Waals surface area contributed by atoms with Crippen molar-refractivity contribution in [2.45, 2.75) is 6.92 Å². The van der Waals surface area contributed by atoms with Gasteiger partial charge >= 0.3 is 0 Å². The maximum absolute atomic E-state index is 13.0. The van der Waals surface area contributed by atoms with Crippen LogP contribution in [0.15, 0.2) is 47.5 Å². The van der Waals surface area contributed by atoms with Gasteiger partial charge in [-0.25, -0.2) is 4.90 Å². The molecular formula is C19H16ClNO4. The second-order valence-electron chi connectivity index (χ2n) is 5.51. The molecule has 2 aromatic carbocycles. The molecule has 6 heteroatoms. The first-order valence-corrected chi connectivity index (χ1v) is 7.94. The molecule has 5 nitrogen and oxygen atoms in total. The van der Waals surface area contributed by atoms with Crippen LogP contribution in [0.4, 0.5) is 5.69 Å². The summed E-state index contributed by atoms with van der Waals surface area (Å²) in [7, 11) is 2.98. The Morgan fingerprint density at radius 1 is 0.920 bits per heavy atom. The molecule has 0 radical (unpaired) electrons. The van der Waals surface area contributed by atoms with Gasteiger partial charge in [0.05, 0.1) is 25.5 Å². The van der Waals surface area contributed by atoms with Crippen molar-refractivity contribution >= 4 is 34.7 Å². The molecular weight excluding hydrogens is 342 g/mol. The number of imide groups is 1. The molecule has 1 aliphatic rings. The van der Waals surface area contributed by atoms with Crippen LogP contribution < -0.4 is 14.4 Å². The smallest absolute Gasteiger partial charge is 0.277 e. The van der Waals surface area contributed by atoms with E-state index in [1.54, 1.807) is 36.4 Å². The van der Waals surface area contributed by atoms with E-state index in [9.17, 15) is 9.59 Å². The first-order valence-electron chi connectivity index (χ1n) is 7.56. The van der Waals surface area contributed by atoms with Crippen molar-refractivity contribution in [2.75, 3.05) is 19.1 Å². The second kappa shape index (κ2) is 6.61. The number of ether oxygens (including phenoxy) is 2. The van der Waals surface area contributed by atoms with Gasteiger partial charge in [0, 0.05) is 5.56 Å². The Hall–Kier alpha value is -2.79. The molecule has 0 saturated carbocycles. The van der Waals surface area contributed by atoms with Gasteiger partial charge in [-0.15, -0.1) is 0 Å². The van der Waals surface area contributed by atoms with Crippen molar-refractivity contribution < 1.29 is 19.1 Å². The van der Waals surface area contributed by atoms with Crippen molar-refractivity contribution in [3.63, 3.8) is 0 Å². The lowest BCUT2D eigenvalue weighted by Crippen LogP contribution is -2.31. The predicted octanol–water partition coefficient (Wildman–Crippen LogP) is 3.54. The van der Waals surface area contributed by atoms with Crippen LogP contribution in [0.5, 0.6) is 11.5 Å². The van der Waals surface area contributed by atoms with E-state index < -0.39 is 11.8 Å². The maximum atomic E-state index is 13.0. The Morgan fingerprint density at radius 2 is 1.60 bits per heavy atom. The maximum Gasteiger partial charge on any atom is 0.277 e. The second-order valence-corrected chi connectivity index (χ2v) is 5.89. The molecule has 0 fully saturated rings. The summed E-state index contributed by atoms with van der Waals surface area (Å²) in [5.74, 6) is -0.215. The molecule has 0 spiro atoms. The van der Waals surface area contributed by atoms with E-state index in [0.29, 0.717) is 22.7 Å². The van der Waals surface area contributed by atoms with E-state index >= 15 is 0 Å². The summed E-state index contributed by atoms with van der Waals surface area (Å²) in [6.07, 6.45) is 0. The minimum Gasteiger partial charge on any atom is -0.496 e. The van der Waals surface area contributed by atoms with Gasteiger partial charge in [-0.05, 0) is 30.7 Å². The fraction of sp³-hybridized carbons (Fsp3) is 0.158. The van der Waals surface area contributed by atoms with Crippen LogP contribution >= 0.6 is 11.6 Å². The molecule has 0 aromatic heterocycles. The fourth-order valence-electron chi connectivity index (χ4n) is 2.78. The average Bonchev–Trinajstić information content (AvgIpc) is 2.84. The molecule has 1 aliphatic heterocycles. The summed E-state index contributed by atoms with van der Waals surface area (Å²) in [5.41, 5.74) is 1.84. The number of anilines is 1. The number of hydrogen-bond acceptors (Lipinski definition) is 4. The number of carbonyl (C=O) groups is 2. The predicted molar refractivity (Wildman–Crippen MR) is 96.0 cm³/mol. The van der Waals surface area contributed by atoms with Crippen molar-refractivity contribution in [3.8, 4) is 11.5 Å². The largest absolute Gasteiger partial charge is 0.496 e. The van der Waals surface area contributed by atoms with Crippen LogP contribution in [0.25, 0.3) is 5.57 Å².